The van der Waals surface area contributed by atoms with Crippen LogP contribution >= 0.6 is 0 Å². The van der Waals surface area contributed by atoms with Crippen LogP contribution in [-0.2, 0) is 11.3 Å². The number of rotatable bonds is 6. The first-order valence-electron chi connectivity index (χ1n) is 9.99. The van der Waals surface area contributed by atoms with Crippen LogP contribution in [0.3, 0.4) is 0 Å². The summed E-state index contributed by atoms with van der Waals surface area (Å²) in [4.78, 5) is 27.5. The van der Waals surface area contributed by atoms with Crippen molar-refractivity contribution in [3.63, 3.8) is 0 Å². The van der Waals surface area contributed by atoms with E-state index in [2.05, 4.69) is 5.32 Å². The summed E-state index contributed by atoms with van der Waals surface area (Å²) >= 11 is 0. The molecule has 2 aromatic carbocycles. The Balaban J connectivity index is 1.58. The molecule has 30 heavy (non-hydrogen) atoms. The van der Waals surface area contributed by atoms with Gasteiger partial charge < -0.3 is 19.3 Å². The fourth-order valence-electron chi connectivity index (χ4n) is 3.56. The predicted molar refractivity (Wildman–Crippen MR) is 110 cm³/mol. The maximum absolute atomic E-state index is 13.6. The van der Waals surface area contributed by atoms with E-state index in [-0.39, 0.29) is 18.3 Å². The van der Waals surface area contributed by atoms with Gasteiger partial charge in [-0.2, -0.15) is 0 Å². The van der Waals surface area contributed by atoms with Crippen LogP contribution < -0.4 is 15.0 Å². The van der Waals surface area contributed by atoms with E-state index in [0.717, 1.165) is 18.7 Å². The van der Waals surface area contributed by atoms with E-state index in [9.17, 15) is 14.0 Å². The minimum Gasteiger partial charge on any atom is -0.496 e. The third kappa shape index (κ3) is 5.48. The number of nitrogens with zero attached hydrogens (tertiary/aromatic N) is 1. The molecular formula is C22H27FN3O4+. The highest BCUT2D eigenvalue weighted by Crippen LogP contribution is 2.18. The average Bonchev–Trinajstić information content (AvgIpc) is 2.74. The Labute approximate surface area is 175 Å². The van der Waals surface area contributed by atoms with E-state index < -0.39 is 6.09 Å². The second-order valence-corrected chi connectivity index (χ2v) is 7.10. The molecule has 2 N–H and O–H groups in total. The number of hydrogen-bond acceptors (Lipinski definition) is 4. The van der Waals surface area contributed by atoms with Gasteiger partial charge in [0.25, 0.3) is 5.91 Å². The van der Waals surface area contributed by atoms with Crippen molar-refractivity contribution in [2.24, 2.45) is 0 Å². The van der Waals surface area contributed by atoms with E-state index >= 15 is 0 Å². The van der Waals surface area contributed by atoms with Crippen molar-refractivity contribution < 1.29 is 28.4 Å². The first-order valence-corrected chi connectivity index (χ1v) is 9.99. The number of carbonyl (C=O) groups excluding carboxylic acids is 2. The van der Waals surface area contributed by atoms with Gasteiger partial charge in [0, 0.05) is 11.3 Å². The maximum atomic E-state index is 13.6. The monoisotopic (exact) mass is 416 g/mol. The molecule has 1 aliphatic heterocycles. The lowest BCUT2D eigenvalue weighted by molar-refractivity contribution is -0.917. The topological polar surface area (TPSA) is 72.3 Å². The molecule has 0 aromatic heterocycles. The fraction of sp³-hybridized carbons (Fsp3) is 0.364. The number of amides is 2. The molecule has 1 heterocycles. The number of ether oxygens (including phenoxy) is 2. The van der Waals surface area contributed by atoms with Crippen molar-refractivity contribution in [3.8, 4) is 5.75 Å². The van der Waals surface area contributed by atoms with Gasteiger partial charge in [0.05, 0.1) is 45.5 Å². The Morgan fingerprint density at radius 1 is 1.17 bits per heavy atom. The molecule has 0 saturated carbocycles. The van der Waals surface area contributed by atoms with Gasteiger partial charge in [-0.05, 0) is 43.3 Å². The summed E-state index contributed by atoms with van der Waals surface area (Å²) in [6, 6.07) is 11.4. The zero-order valence-corrected chi connectivity index (χ0v) is 17.2. The summed E-state index contributed by atoms with van der Waals surface area (Å²) < 4.78 is 23.8. The molecule has 0 aliphatic carbocycles. The molecule has 1 fully saturated rings. The van der Waals surface area contributed by atoms with Gasteiger partial charge in [-0.15, -0.1) is 0 Å². The summed E-state index contributed by atoms with van der Waals surface area (Å²) in [6.45, 7) is 5.35. The van der Waals surface area contributed by atoms with Gasteiger partial charge in [0.1, 0.15) is 18.1 Å². The van der Waals surface area contributed by atoms with Crippen LogP contribution in [0.5, 0.6) is 5.75 Å². The summed E-state index contributed by atoms with van der Waals surface area (Å²) in [6.07, 6.45) is -0.549. The van der Waals surface area contributed by atoms with Gasteiger partial charge >= 0.3 is 6.09 Å². The Morgan fingerprint density at radius 3 is 2.63 bits per heavy atom. The minimum atomic E-state index is -0.549. The zero-order valence-electron chi connectivity index (χ0n) is 17.2. The lowest BCUT2D eigenvalue weighted by atomic mass is 10.1. The molecular weight excluding hydrogens is 389 g/mol. The third-order valence-corrected chi connectivity index (χ3v) is 5.07. The van der Waals surface area contributed by atoms with Crippen LogP contribution in [0.1, 0.15) is 22.8 Å². The Kier molecular flexibility index (Phi) is 7.24. The Morgan fingerprint density at radius 2 is 1.93 bits per heavy atom. The van der Waals surface area contributed by atoms with Crippen molar-refractivity contribution >= 4 is 17.7 Å². The maximum Gasteiger partial charge on any atom is 0.411 e. The summed E-state index contributed by atoms with van der Waals surface area (Å²) in [5.74, 6) is 0.313. The van der Waals surface area contributed by atoms with Crippen molar-refractivity contribution in [1.29, 1.82) is 0 Å². The SMILES string of the molecule is CCOC(=O)Nc1cccc(C(=O)N2CC[NH+](Cc3cc(F)ccc3OC)CC2)c1. The number of nitrogens with one attached hydrogen (secondary N) is 2. The largest absolute Gasteiger partial charge is 0.496 e. The molecule has 3 rings (SSSR count). The first kappa shape index (κ1) is 21.6. The lowest BCUT2D eigenvalue weighted by Crippen LogP contribution is -3.13. The highest BCUT2D eigenvalue weighted by molar-refractivity contribution is 5.96. The molecule has 0 spiro atoms. The summed E-state index contributed by atoms with van der Waals surface area (Å²) in [5, 5.41) is 2.61. The van der Waals surface area contributed by atoms with E-state index in [1.165, 1.54) is 17.0 Å². The number of benzene rings is 2. The average molecular weight is 416 g/mol. The molecule has 0 atom stereocenters. The summed E-state index contributed by atoms with van der Waals surface area (Å²) in [7, 11) is 1.58. The number of halogens is 1. The zero-order chi connectivity index (χ0) is 21.5. The van der Waals surface area contributed by atoms with E-state index in [4.69, 9.17) is 9.47 Å². The van der Waals surface area contributed by atoms with E-state index in [1.54, 1.807) is 49.3 Å². The molecule has 2 amide bonds. The van der Waals surface area contributed by atoms with Crippen LogP contribution in [0.25, 0.3) is 0 Å². The molecule has 160 valence electrons. The number of carbonyl (C=O) groups is 2. The number of hydrogen-bond donors (Lipinski definition) is 2. The normalized spacial score (nSPS) is 14.3. The highest BCUT2D eigenvalue weighted by Gasteiger charge is 2.25. The molecule has 8 heteroatoms. The van der Waals surface area contributed by atoms with Gasteiger partial charge in [0.2, 0.25) is 0 Å². The quantitative estimate of drug-likeness (QED) is 0.755. The van der Waals surface area contributed by atoms with Crippen molar-refractivity contribution in [3.05, 3.63) is 59.4 Å². The predicted octanol–water partition coefficient (Wildman–Crippen LogP) is 1.94. The Bertz CT molecular complexity index is 898. The third-order valence-electron chi connectivity index (χ3n) is 5.07. The molecule has 1 saturated heterocycles. The molecule has 2 aromatic rings. The number of piperazine rings is 1. The van der Waals surface area contributed by atoms with Crippen LogP contribution in [0.4, 0.5) is 14.9 Å². The molecule has 0 bridgehead atoms. The highest BCUT2D eigenvalue weighted by atomic mass is 19.1. The second kappa shape index (κ2) is 10.1. The molecule has 0 radical (unpaired) electrons. The smallest absolute Gasteiger partial charge is 0.411 e. The number of methoxy groups -OCH3 is 1. The van der Waals surface area contributed by atoms with E-state index in [1.807, 2.05) is 0 Å². The second-order valence-electron chi connectivity index (χ2n) is 7.10. The van der Waals surface area contributed by atoms with Gasteiger partial charge in [-0.3, -0.25) is 10.1 Å². The number of quaternary nitrogens is 1. The molecule has 7 nitrogen and oxygen atoms in total. The van der Waals surface area contributed by atoms with Crippen LogP contribution in [-0.4, -0.2) is 56.8 Å². The van der Waals surface area contributed by atoms with Crippen molar-refractivity contribution in [2.75, 3.05) is 45.2 Å². The van der Waals surface area contributed by atoms with Crippen molar-refractivity contribution in [1.82, 2.24) is 4.90 Å². The number of anilines is 1. The standard InChI is InChI=1S/C22H26FN3O4/c1-3-30-22(28)24-19-6-4-5-16(14-19)21(27)26-11-9-25(10-12-26)15-17-13-18(23)7-8-20(17)29-2/h4-8,13-14H,3,9-12,15H2,1-2H3,(H,24,28)/p+1. The van der Waals surface area contributed by atoms with E-state index in [0.29, 0.717) is 36.6 Å². The fourth-order valence-corrected chi connectivity index (χ4v) is 3.56. The van der Waals surface area contributed by atoms with Crippen LogP contribution in [0, 0.1) is 5.82 Å². The van der Waals surface area contributed by atoms with Crippen LogP contribution in [0.2, 0.25) is 0 Å². The van der Waals surface area contributed by atoms with Gasteiger partial charge in [-0.1, -0.05) is 6.07 Å². The lowest BCUT2D eigenvalue weighted by Gasteiger charge is -2.32. The molecule has 1 aliphatic rings. The van der Waals surface area contributed by atoms with Crippen LogP contribution in [0.15, 0.2) is 42.5 Å². The van der Waals surface area contributed by atoms with Gasteiger partial charge in [-0.25, -0.2) is 9.18 Å². The molecule has 0 unspecified atom stereocenters. The summed E-state index contributed by atoms with van der Waals surface area (Å²) in [5.41, 5.74) is 1.85. The van der Waals surface area contributed by atoms with Gasteiger partial charge in [0.15, 0.2) is 0 Å². The Hall–Kier alpha value is -3.13. The first-order chi connectivity index (χ1) is 14.5. The minimum absolute atomic E-state index is 0.0788. The van der Waals surface area contributed by atoms with Crippen molar-refractivity contribution in [2.45, 2.75) is 13.5 Å².